The Kier molecular flexibility index (Phi) is 5.29. The second-order valence-corrected chi connectivity index (χ2v) is 9.22. The van der Waals surface area contributed by atoms with Gasteiger partial charge in [0.15, 0.2) is 7.14 Å². The quantitative estimate of drug-likeness (QED) is 0.511. The van der Waals surface area contributed by atoms with Crippen LogP contribution in [0, 0.1) is 0 Å². The van der Waals surface area contributed by atoms with E-state index in [0.29, 0.717) is 11.1 Å². The van der Waals surface area contributed by atoms with Crippen molar-refractivity contribution in [3.8, 4) is 5.75 Å². The van der Waals surface area contributed by atoms with Crippen LogP contribution in [0.1, 0.15) is 0 Å². The van der Waals surface area contributed by atoms with E-state index < -0.39 is 7.14 Å². The van der Waals surface area contributed by atoms with Gasteiger partial charge < -0.3 is 14.4 Å². The number of benzene rings is 4. The van der Waals surface area contributed by atoms with Crippen molar-refractivity contribution in [2.75, 3.05) is 13.2 Å². The van der Waals surface area contributed by atoms with E-state index in [1.165, 1.54) is 0 Å². The molecule has 4 rings (SSSR count). The summed E-state index contributed by atoms with van der Waals surface area (Å²) >= 11 is 0. The third-order valence-corrected chi connectivity index (χ3v) is 7.86. The Morgan fingerprint density at radius 3 is 1.89 bits per heavy atom. The van der Waals surface area contributed by atoms with Gasteiger partial charge in [-0.1, -0.05) is 91.0 Å². The van der Waals surface area contributed by atoms with Crippen molar-refractivity contribution >= 4 is 33.8 Å². The number of ether oxygens (including phenoxy) is 1. The summed E-state index contributed by atoms with van der Waals surface area (Å²) in [5.74, 6) is 0.572. The first-order valence-corrected chi connectivity index (χ1v) is 10.9. The van der Waals surface area contributed by atoms with Gasteiger partial charge in [-0.2, -0.15) is 0 Å². The molecule has 0 aliphatic heterocycles. The van der Waals surface area contributed by atoms with Crippen LogP contribution >= 0.6 is 7.14 Å². The lowest BCUT2D eigenvalue weighted by atomic mass is 10.1. The zero-order valence-electron chi connectivity index (χ0n) is 15.4. The number of hydrogen-bond donors (Lipinski definition) is 1. The smallest absolute Gasteiger partial charge is 0.174 e. The molecule has 0 heterocycles. The molecular formula is C24H21O3P. The minimum atomic E-state index is -3.17. The maximum absolute atomic E-state index is 14.7. The van der Waals surface area contributed by atoms with Gasteiger partial charge in [-0.3, -0.25) is 0 Å². The van der Waals surface area contributed by atoms with Gasteiger partial charge in [0.1, 0.15) is 12.4 Å². The number of fused-ring (bicyclic) bond motifs is 1. The summed E-state index contributed by atoms with van der Waals surface area (Å²) in [6.07, 6.45) is 0. The van der Waals surface area contributed by atoms with Gasteiger partial charge in [0.2, 0.25) is 0 Å². The van der Waals surface area contributed by atoms with E-state index in [1.807, 2.05) is 97.1 Å². The highest BCUT2D eigenvalue weighted by atomic mass is 31.2. The Morgan fingerprint density at radius 1 is 0.714 bits per heavy atom. The van der Waals surface area contributed by atoms with E-state index in [4.69, 9.17) is 4.74 Å². The minimum Gasteiger partial charge on any atom is -0.490 e. The summed E-state index contributed by atoms with van der Waals surface area (Å²) in [6, 6.07) is 30.8. The predicted molar refractivity (Wildman–Crippen MR) is 116 cm³/mol. The van der Waals surface area contributed by atoms with Gasteiger partial charge in [-0.25, -0.2) is 0 Å². The summed E-state index contributed by atoms with van der Waals surface area (Å²) in [7, 11) is -3.17. The lowest BCUT2D eigenvalue weighted by Gasteiger charge is -2.23. The molecule has 0 bridgehead atoms. The van der Waals surface area contributed by atoms with Crippen molar-refractivity contribution in [2.24, 2.45) is 0 Å². The molecular weight excluding hydrogens is 367 g/mol. The first-order chi connectivity index (χ1) is 13.7. The SMILES string of the molecule is O=P(c1ccccc1)(c1ccccc1)c1ccc2ccccc2c1OCCO. The highest BCUT2D eigenvalue weighted by molar-refractivity contribution is 7.85. The largest absolute Gasteiger partial charge is 0.490 e. The molecule has 4 heteroatoms. The molecule has 4 aromatic carbocycles. The molecule has 0 saturated heterocycles. The Bertz CT molecular complexity index is 1080. The number of aliphatic hydroxyl groups is 1. The lowest BCUT2D eigenvalue weighted by Crippen LogP contribution is -2.26. The van der Waals surface area contributed by atoms with E-state index in [1.54, 1.807) is 0 Å². The Morgan fingerprint density at radius 2 is 1.29 bits per heavy atom. The van der Waals surface area contributed by atoms with E-state index in [0.717, 1.165) is 21.4 Å². The fourth-order valence-corrected chi connectivity index (χ4v) is 6.28. The lowest BCUT2D eigenvalue weighted by molar-refractivity contribution is 0.203. The van der Waals surface area contributed by atoms with Crippen LogP contribution in [0.5, 0.6) is 5.75 Å². The average Bonchev–Trinajstić information content (AvgIpc) is 2.78. The summed E-state index contributed by atoms with van der Waals surface area (Å²) in [5, 5.41) is 13.4. The first-order valence-electron chi connectivity index (χ1n) is 9.22. The molecule has 0 radical (unpaired) electrons. The molecule has 0 aromatic heterocycles. The molecule has 0 aliphatic rings. The molecule has 0 unspecified atom stereocenters. The van der Waals surface area contributed by atoms with E-state index in [-0.39, 0.29) is 13.2 Å². The molecule has 0 spiro atoms. The Hall–Kier alpha value is -2.87. The van der Waals surface area contributed by atoms with Crippen molar-refractivity contribution in [1.29, 1.82) is 0 Å². The van der Waals surface area contributed by atoms with Crippen LogP contribution in [0.2, 0.25) is 0 Å². The average molecular weight is 388 g/mol. The van der Waals surface area contributed by atoms with Crippen LogP contribution in [-0.2, 0) is 4.57 Å². The van der Waals surface area contributed by atoms with Gasteiger partial charge in [0, 0.05) is 16.0 Å². The maximum atomic E-state index is 14.7. The summed E-state index contributed by atoms with van der Waals surface area (Å²) in [6.45, 7) is 0.0359. The molecule has 4 aromatic rings. The maximum Gasteiger partial charge on any atom is 0.174 e. The molecule has 140 valence electrons. The van der Waals surface area contributed by atoms with E-state index in [9.17, 15) is 9.67 Å². The molecule has 0 saturated carbocycles. The number of hydrogen-bond acceptors (Lipinski definition) is 3. The molecule has 28 heavy (non-hydrogen) atoms. The van der Waals surface area contributed by atoms with Gasteiger partial charge in [0.25, 0.3) is 0 Å². The molecule has 0 atom stereocenters. The minimum absolute atomic E-state index is 0.108. The van der Waals surface area contributed by atoms with Gasteiger partial charge in [-0.05, 0) is 11.5 Å². The van der Waals surface area contributed by atoms with Crippen molar-refractivity contribution in [2.45, 2.75) is 0 Å². The summed E-state index contributed by atoms with van der Waals surface area (Å²) in [4.78, 5) is 0. The highest BCUT2D eigenvalue weighted by Crippen LogP contribution is 2.46. The summed E-state index contributed by atoms with van der Waals surface area (Å²) < 4.78 is 20.7. The molecule has 0 fully saturated rings. The zero-order valence-corrected chi connectivity index (χ0v) is 16.3. The van der Waals surface area contributed by atoms with Crippen molar-refractivity contribution in [3.05, 3.63) is 97.1 Å². The van der Waals surface area contributed by atoms with Crippen molar-refractivity contribution in [3.63, 3.8) is 0 Å². The Labute approximate surface area is 164 Å². The fraction of sp³-hybridized carbons (Fsp3) is 0.0833. The van der Waals surface area contributed by atoms with Crippen LogP contribution in [0.3, 0.4) is 0 Å². The summed E-state index contributed by atoms with van der Waals surface area (Å²) in [5.41, 5.74) is 0. The normalized spacial score (nSPS) is 11.5. The highest BCUT2D eigenvalue weighted by Gasteiger charge is 2.33. The van der Waals surface area contributed by atoms with Crippen LogP contribution in [0.4, 0.5) is 0 Å². The van der Waals surface area contributed by atoms with Gasteiger partial charge in [0.05, 0.1) is 11.9 Å². The number of aliphatic hydroxyl groups excluding tert-OH is 1. The predicted octanol–water partition coefficient (Wildman–Crippen LogP) is 3.85. The third kappa shape index (κ3) is 3.24. The Balaban J connectivity index is 2.05. The van der Waals surface area contributed by atoms with Gasteiger partial charge >= 0.3 is 0 Å². The van der Waals surface area contributed by atoms with Crippen molar-refractivity contribution < 1.29 is 14.4 Å². The van der Waals surface area contributed by atoms with E-state index in [2.05, 4.69) is 0 Å². The monoisotopic (exact) mass is 388 g/mol. The molecule has 1 N–H and O–H groups in total. The topological polar surface area (TPSA) is 46.5 Å². The second-order valence-electron chi connectivity index (χ2n) is 6.49. The van der Waals surface area contributed by atoms with Crippen molar-refractivity contribution in [1.82, 2.24) is 0 Å². The van der Waals surface area contributed by atoms with Crippen LogP contribution in [0.25, 0.3) is 10.8 Å². The standard InChI is InChI=1S/C24H21O3P/c25-17-18-27-24-22-14-8-7-9-19(22)15-16-23(24)28(26,20-10-3-1-4-11-20)21-12-5-2-6-13-21/h1-16,25H,17-18H2. The van der Waals surface area contributed by atoms with Crippen LogP contribution < -0.4 is 20.7 Å². The number of rotatable bonds is 6. The van der Waals surface area contributed by atoms with Gasteiger partial charge in [-0.15, -0.1) is 0 Å². The zero-order chi connectivity index (χ0) is 19.4. The fourth-order valence-electron chi connectivity index (χ4n) is 3.48. The molecule has 3 nitrogen and oxygen atoms in total. The molecule has 0 amide bonds. The first kappa shape index (κ1) is 18.5. The third-order valence-electron chi connectivity index (χ3n) is 4.78. The van der Waals surface area contributed by atoms with E-state index >= 15 is 0 Å². The van der Waals surface area contributed by atoms with Crippen LogP contribution in [0.15, 0.2) is 97.1 Å². The molecule has 0 aliphatic carbocycles. The second kappa shape index (κ2) is 8.02. The van der Waals surface area contributed by atoms with Crippen LogP contribution in [-0.4, -0.2) is 18.3 Å².